The maximum Gasteiger partial charge on any atom is 0.423 e. The molecule has 0 radical (unpaired) electrons. The summed E-state index contributed by atoms with van der Waals surface area (Å²) in [5.41, 5.74) is 4.93. The van der Waals surface area contributed by atoms with Gasteiger partial charge in [-0.15, -0.1) is 0 Å². The number of nitrogens with zero attached hydrogens (tertiary/aromatic N) is 1. The van der Waals surface area contributed by atoms with Gasteiger partial charge in [-0.1, -0.05) is 11.6 Å². The molecule has 108 valence electrons. The monoisotopic (exact) mass is 308 g/mol. The molecule has 10 heteroatoms. The number of alkyl halides is 6. The lowest BCUT2D eigenvalue weighted by Crippen LogP contribution is -2.44. The SMILES string of the molecule is Nc1ccc(Cl)c(COC(C(F)(F)F)C(F)(F)F)n1. The number of anilines is 1. The summed E-state index contributed by atoms with van der Waals surface area (Å²) in [7, 11) is 0. The quantitative estimate of drug-likeness (QED) is 0.871. The fraction of sp³-hybridized carbons (Fsp3) is 0.444. The van der Waals surface area contributed by atoms with Crippen LogP contribution < -0.4 is 5.73 Å². The van der Waals surface area contributed by atoms with Crippen molar-refractivity contribution in [3.05, 3.63) is 22.8 Å². The van der Waals surface area contributed by atoms with Crippen LogP contribution in [-0.4, -0.2) is 23.4 Å². The van der Waals surface area contributed by atoms with Gasteiger partial charge < -0.3 is 10.5 Å². The number of aromatic nitrogens is 1. The number of hydrogen-bond acceptors (Lipinski definition) is 3. The van der Waals surface area contributed by atoms with Gasteiger partial charge in [0.05, 0.1) is 17.3 Å². The second-order valence-electron chi connectivity index (χ2n) is 3.44. The molecule has 0 unspecified atom stereocenters. The van der Waals surface area contributed by atoms with Crippen LogP contribution in [0.25, 0.3) is 0 Å². The van der Waals surface area contributed by atoms with E-state index in [1.807, 2.05) is 0 Å². The number of hydrogen-bond donors (Lipinski definition) is 1. The summed E-state index contributed by atoms with van der Waals surface area (Å²) < 4.78 is 76.9. The van der Waals surface area contributed by atoms with Gasteiger partial charge in [-0.3, -0.25) is 0 Å². The van der Waals surface area contributed by atoms with Gasteiger partial charge in [0, 0.05) is 0 Å². The van der Waals surface area contributed by atoms with Crippen molar-refractivity contribution >= 4 is 17.4 Å². The molecule has 0 fully saturated rings. The smallest absolute Gasteiger partial charge is 0.384 e. The first-order valence-corrected chi connectivity index (χ1v) is 5.05. The highest BCUT2D eigenvalue weighted by Crippen LogP contribution is 2.36. The lowest BCUT2D eigenvalue weighted by atomic mass is 10.3. The Morgan fingerprint density at radius 2 is 1.68 bits per heavy atom. The van der Waals surface area contributed by atoms with Crippen LogP contribution in [0, 0.1) is 0 Å². The van der Waals surface area contributed by atoms with Crippen LogP contribution in [0.4, 0.5) is 32.2 Å². The minimum Gasteiger partial charge on any atom is -0.384 e. The Morgan fingerprint density at radius 1 is 1.16 bits per heavy atom. The van der Waals surface area contributed by atoms with Gasteiger partial charge in [0.25, 0.3) is 0 Å². The Kier molecular flexibility index (Phi) is 4.51. The van der Waals surface area contributed by atoms with Gasteiger partial charge in [-0.25, -0.2) is 4.98 Å². The van der Waals surface area contributed by atoms with Crippen LogP contribution in [0.3, 0.4) is 0 Å². The highest BCUT2D eigenvalue weighted by molar-refractivity contribution is 6.31. The summed E-state index contributed by atoms with van der Waals surface area (Å²) in [6.07, 6.45) is -15.1. The molecular weight excluding hydrogens is 302 g/mol. The maximum atomic E-state index is 12.2. The third-order valence-electron chi connectivity index (χ3n) is 1.92. The lowest BCUT2D eigenvalue weighted by Gasteiger charge is -2.23. The molecule has 0 aromatic carbocycles. The largest absolute Gasteiger partial charge is 0.423 e. The number of pyridine rings is 1. The minimum absolute atomic E-state index is 0.0985. The molecule has 19 heavy (non-hydrogen) atoms. The van der Waals surface area contributed by atoms with E-state index in [0.29, 0.717) is 0 Å². The molecule has 1 aromatic rings. The molecule has 2 N–H and O–H groups in total. The van der Waals surface area contributed by atoms with E-state index in [1.54, 1.807) is 0 Å². The molecule has 0 bridgehead atoms. The van der Waals surface area contributed by atoms with Crippen LogP contribution >= 0.6 is 11.6 Å². The van der Waals surface area contributed by atoms with Gasteiger partial charge in [-0.2, -0.15) is 26.3 Å². The number of nitrogens with two attached hydrogens (primary N) is 1. The molecule has 0 saturated heterocycles. The first-order valence-electron chi connectivity index (χ1n) is 4.67. The summed E-state index contributed by atoms with van der Waals surface area (Å²) in [6.45, 7) is -1.06. The molecule has 0 saturated carbocycles. The Labute approximate surface area is 108 Å². The second kappa shape index (κ2) is 5.41. The fourth-order valence-electron chi connectivity index (χ4n) is 1.14. The molecular formula is C9H7ClF6N2O. The van der Waals surface area contributed by atoms with E-state index in [-0.39, 0.29) is 16.5 Å². The van der Waals surface area contributed by atoms with Gasteiger partial charge >= 0.3 is 12.4 Å². The van der Waals surface area contributed by atoms with Crippen molar-refractivity contribution in [3.8, 4) is 0 Å². The van der Waals surface area contributed by atoms with Crippen molar-refractivity contribution in [1.29, 1.82) is 0 Å². The third kappa shape index (κ3) is 4.43. The summed E-state index contributed by atoms with van der Waals surface area (Å²) in [5, 5.41) is -0.141. The van der Waals surface area contributed by atoms with Crippen LogP contribution in [-0.2, 0) is 11.3 Å². The predicted octanol–water partition coefficient (Wildman–Crippen LogP) is 3.33. The summed E-state index contributed by atoms with van der Waals surface area (Å²) in [5.74, 6) is -0.0985. The zero-order valence-electron chi connectivity index (χ0n) is 9.02. The molecule has 0 spiro atoms. The standard InChI is InChI=1S/C9H7ClF6N2O/c10-4-1-2-6(17)18-5(4)3-19-7(8(11,12)13)9(14,15)16/h1-2,7H,3H2,(H2,17,18). The van der Waals surface area contributed by atoms with Crippen molar-refractivity contribution < 1.29 is 31.1 Å². The highest BCUT2D eigenvalue weighted by Gasteiger charge is 2.58. The Bertz CT molecular complexity index is 433. The average molecular weight is 309 g/mol. The normalized spacial score (nSPS) is 13.1. The highest BCUT2D eigenvalue weighted by atomic mass is 35.5. The maximum absolute atomic E-state index is 12.2. The first-order chi connectivity index (χ1) is 8.51. The van der Waals surface area contributed by atoms with E-state index in [4.69, 9.17) is 17.3 Å². The van der Waals surface area contributed by atoms with E-state index >= 15 is 0 Å². The number of ether oxygens (including phenoxy) is 1. The van der Waals surface area contributed by atoms with Gasteiger partial charge in [0.15, 0.2) is 0 Å². The Balaban J connectivity index is 2.86. The van der Waals surface area contributed by atoms with Crippen molar-refractivity contribution in [2.24, 2.45) is 0 Å². The molecule has 1 aromatic heterocycles. The molecule has 0 atom stereocenters. The van der Waals surface area contributed by atoms with Crippen molar-refractivity contribution in [3.63, 3.8) is 0 Å². The minimum atomic E-state index is -5.58. The molecule has 1 heterocycles. The third-order valence-corrected chi connectivity index (χ3v) is 2.27. The van der Waals surface area contributed by atoms with Crippen molar-refractivity contribution in [2.45, 2.75) is 25.1 Å². The number of nitrogen functional groups attached to an aromatic ring is 1. The van der Waals surface area contributed by atoms with E-state index in [0.717, 1.165) is 0 Å². The van der Waals surface area contributed by atoms with Gasteiger partial charge in [-0.05, 0) is 12.1 Å². The van der Waals surface area contributed by atoms with E-state index in [2.05, 4.69) is 9.72 Å². The zero-order valence-corrected chi connectivity index (χ0v) is 9.77. The molecule has 3 nitrogen and oxygen atoms in total. The fourth-order valence-corrected chi connectivity index (χ4v) is 1.30. The van der Waals surface area contributed by atoms with E-state index < -0.39 is 25.1 Å². The predicted molar refractivity (Wildman–Crippen MR) is 54.3 cm³/mol. The van der Waals surface area contributed by atoms with Crippen LogP contribution in [0.2, 0.25) is 5.02 Å². The molecule has 1 rings (SSSR count). The lowest BCUT2D eigenvalue weighted by molar-refractivity contribution is -0.324. The molecule has 0 amide bonds. The number of rotatable bonds is 3. The molecule has 0 aliphatic carbocycles. The van der Waals surface area contributed by atoms with Crippen molar-refractivity contribution in [1.82, 2.24) is 4.98 Å². The second-order valence-corrected chi connectivity index (χ2v) is 3.85. The summed E-state index contributed by atoms with van der Waals surface area (Å²) in [6, 6.07) is 2.44. The van der Waals surface area contributed by atoms with Crippen LogP contribution in [0.1, 0.15) is 5.69 Å². The number of halogens is 7. The summed E-state index contributed by atoms with van der Waals surface area (Å²) in [4.78, 5) is 3.49. The van der Waals surface area contributed by atoms with E-state index in [9.17, 15) is 26.3 Å². The first kappa shape index (κ1) is 15.8. The van der Waals surface area contributed by atoms with E-state index in [1.165, 1.54) is 12.1 Å². The van der Waals surface area contributed by atoms with Crippen molar-refractivity contribution in [2.75, 3.05) is 5.73 Å². The average Bonchev–Trinajstić information content (AvgIpc) is 2.19. The molecule has 0 aliphatic rings. The topological polar surface area (TPSA) is 48.1 Å². The Morgan fingerprint density at radius 3 is 2.16 bits per heavy atom. The van der Waals surface area contributed by atoms with Crippen LogP contribution in [0.15, 0.2) is 12.1 Å². The summed E-state index contributed by atoms with van der Waals surface area (Å²) >= 11 is 5.55. The Hall–Kier alpha value is -1.22. The van der Waals surface area contributed by atoms with Gasteiger partial charge in [0.1, 0.15) is 5.82 Å². The molecule has 0 aliphatic heterocycles. The zero-order chi connectivity index (χ0) is 14.8. The van der Waals surface area contributed by atoms with Gasteiger partial charge in [0.2, 0.25) is 6.10 Å². The van der Waals surface area contributed by atoms with Crippen LogP contribution in [0.5, 0.6) is 0 Å².